The second-order valence-corrected chi connectivity index (χ2v) is 5.31. The Labute approximate surface area is 93.5 Å². The highest BCUT2D eigenvalue weighted by Gasteiger charge is 2.32. The van der Waals surface area contributed by atoms with E-state index < -0.39 is 0 Å². The van der Waals surface area contributed by atoms with Crippen molar-refractivity contribution < 1.29 is 5.11 Å². The summed E-state index contributed by atoms with van der Waals surface area (Å²) in [4.78, 5) is 0. The van der Waals surface area contributed by atoms with Gasteiger partial charge in [0.15, 0.2) is 0 Å². The lowest BCUT2D eigenvalue weighted by Gasteiger charge is -2.38. The van der Waals surface area contributed by atoms with Crippen LogP contribution >= 0.6 is 0 Å². The fourth-order valence-corrected chi connectivity index (χ4v) is 3.35. The molecule has 1 aliphatic carbocycles. The zero-order valence-corrected chi connectivity index (χ0v) is 9.75. The molecule has 2 nitrogen and oxygen atoms in total. The molecule has 0 aromatic heterocycles. The summed E-state index contributed by atoms with van der Waals surface area (Å²) in [5.74, 6) is 2.65. The van der Waals surface area contributed by atoms with Gasteiger partial charge in [-0.3, -0.25) is 0 Å². The van der Waals surface area contributed by atoms with Crippen LogP contribution in [0.4, 0.5) is 0 Å². The summed E-state index contributed by atoms with van der Waals surface area (Å²) in [6, 6.07) is 0. The molecule has 2 rings (SSSR count). The highest BCUT2D eigenvalue weighted by molar-refractivity contribution is 4.84. The maximum Gasteiger partial charge on any atom is 0.0433 e. The molecule has 2 N–H and O–H groups in total. The molecule has 2 fully saturated rings. The van der Waals surface area contributed by atoms with Crippen LogP contribution in [0.25, 0.3) is 0 Å². The minimum atomic E-state index is 0.394. The lowest BCUT2D eigenvalue weighted by molar-refractivity contribution is 0.103. The van der Waals surface area contributed by atoms with Crippen LogP contribution in [0, 0.1) is 17.8 Å². The van der Waals surface area contributed by atoms with Crippen molar-refractivity contribution in [3.8, 4) is 0 Å². The van der Waals surface area contributed by atoms with E-state index in [0.29, 0.717) is 6.61 Å². The van der Waals surface area contributed by atoms with Crippen molar-refractivity contribution in [2.45, 2.75) is 44.9 Å². The van der Waals surface area contributed by atoms with Crippen molar-refractivity contribution in [2.24, 2.45) is 17.8 Å². The van der Waals surface area contributed by atoms with Gasteiger partial charge in [0.2, 0.25) is 0 Å². The minimum absolute atomic E-state index is 0.394. The summed E-state index contributed by atoms with van der Waals surface area (Å²) in [5.41, 5.74) is 0. The van der Waals surface area contributed by atoms with E-state index in [9.17, 15) is 5.11 Å². The van der Waals surface area contributed by atoms with Crippen LogP contribution in [-0.2, 0) is 0 Å². The Bertz CT molecular complexity index is 171. The van der Waals surface area contributed by atoms with E-state index in [-0.39, 0.29) is 0 Å². The fraction of sp³-hybridized carbons (Fsp3) is 1.00. The standard InChI is InChI=1S/C13H25NO/c15-10-7-13(11-3-1-4-11)12-5-2-8-14-9-6-12/h11-15H,1-10H2. The highest BCUT2D eigenvalue weighted by Crippen LogP contribution is 2.41. The predicted molar refractivity (Wildman–Crippen MR) is 62.7 cm³/mol. The van der Waals surface area contributed by atoms with Gasteiger partial charge in [-0.25, -0.2) is 0 Å². The van der Waals surface area contributed by atoms with E-state index in [1.54, 1.807) is 0 Å². The summed E-state index contributed by atoms with van der Waals surface area (Å²) in [6.45, 7) is 2.79. The van der Waals surface area contributed by atoms with E-state index in [0.717, 1.165) is 24.2 Å². The Kier molecular flexibility index (Phi) is 4.45. The number of rotatable bonds is 4. The maximum atomic E-state index is 9.19. The quantitative estimate of drug-likeness (QED) is 0.747. The van der Waals surface area contributed by atoms with Gasteiger partial charge in [-0.15, -0.1) is 0 Å². The van der Waals surface area contributed by atoms with Gasteiger partial charge in [0.25, 0.3) is 0 Å². The van der Waals surface area contributed by atoms with Gasteiger partial charge < -0.3 is 10.4 Å². The number of hydrogen-bond acceptors (Lipinski definition) is 2. The summed E-state index contributed by atoms with van der Waals surface area (Å²) >= 11 is 0. The number of nitrogens with one attached hydrogen (secondary N) is 1. The summed E-state index contributed by atoms with van der Waals surface area (Å²) in [6.07, 6.45) is 9.38. The number of aliphatic hydroxyl groups is 1. The van der Waals surface area contributed by atoms with Crippen molar-refractivity contribution in [1.29, 1.82) is 0 Å². The molecule has 0 amide bonds. The van der Waals surface area contributed by atoms with Crippen molar-refractivity contribution >= 4 is 0 Å². The van der Waals surface area contributed by atoms with Crippen molar-refractivity contribution in [3.63, 3.8) is 0 Å². The Balaban J connectivity index is 1.88. The van der Waals surface area contributed by atoms with Crippen LogP contribution in [0.15, 0.2) is 0 Å². The molecule has 1 aliphatic heterocycles. The molecule has 1 saturated carbocycles. The monoisotopic (exact) mass is 211 g/mol. The molecule has 2 aliphatic rings. The van der Waals surface area contributed by atoms with Crippen LogP contribution in [0.3, 0.4) is 0 Å². The third-order valence-electron chi connectivity index (χ3n) is 4.44. The maximum absolute atomic E-state index is 9.19. The molecule has 2 heteroatoms. The van der Waals surface area contributed by atoms with E-state index in [2.05, 4.69) is 5.32 Å². The van der Waals surface area contributed by atoms with Gasteiger partial charge in [-0.1, -0.05) is 19.3 Å². The van der Waals surface area contributed by atoms with Gasteiger partial charge >= 0.3 is 0 Å². The molecule has 0 aromatic carbocycles. The zero-order valence-electron chi connectivity index (χ0n) is 9.75. The first kappa shape index (κ1) is 11.4. The number of aliphatic hydroxyl groups excluding tert-OH is 1. The molecule has 0 bridgehead atoms. The molecule has 2 unspecified atom stereocenters. The Hall–Kier alpha value is -0.0800. The van der Waals surface area contributed by atoms with Crippen LogP contribution < -0.4 is 5.32 Å². The highest BCUT2D eigenvalue weighted by atomic mass is 16.3. The Morgan fingerprint density at radius 3 is 2.40 bits per heavy atom. The molecule has 0 spiro atoms. The molecule has 1 saturated heterocycles. The largest absolute Gasteiger partial charge is 0.396 e. The SMILES string of the molecule is OCCC(C1CCC1)C1CCCNCC1. The minimum Gasteiger partial charge on any atom is -0.396 e. The summed E-state index contributed by atoms with van der Waals surface area (Å²) in [7, 11) is 0. The molecule has 0 aromatic rings. The van der Waals surface area contributed by atoms with Crippen LogP contribution in [0.2, 0.25) is 0 Å². The predicted octanol–water partition coefficient (Wildman–Crippen LogP) is 2.17. The van der Waals surface area contributed by atoms with Crippen LogP contribution in [0.5, 0.6) is 0 Å². The first-order valence-electron chi connectivity index (χ1n) is 6.73. The van der Waals surface area contributed by atoms with Crippen molar-refractivity contribution in [2.75, 3.05) is 19.7 Å². The van der Waals surface area contributed by atoms with Gasteiger partial charge in [0.05, 0.1) is 0 Å². The second-order valence-electron chi connectivity index (χ2n) is 5.31. The Morgan fingerprint density at radius 1 is 1.00 bits per heavy atom. The first-order chi connectivity index (χ1) is 7.42. The normalized spacial score (nSPS) is 30.6. The van der Waals surface area contributed by atoms with Gasteiger partial charge in [0.1, 0.15) is 0 Å². The van der Waals surface area contributed by atoms with E-state index in [4.69, 9.17) is 0 Å². The topological polar surface area (TPSA) is 32.3 Å². The van der Waals surface area contributed by atoms with Gasteiger partial charge in [0, 0.05) is 6.61 Å². The van der Waals surface area contributed by atoms with Gasteiger partial charge in [-0.2, -0.15) is 0 Å². The lowest BCUT2D eigenvalue weighted by atomic mass is 9.67. The molecule has 1 heterocycles. The molecule has 88 valence electrons. The molecule has 15 heavy (non-hydrogen) atoms. The lowest BCUT2D eigenvalue weighted by Crippen LogP contribution is -2.30. The average molecular weight is 211 g/mol. The smallest absolute Gasteiger partial charge is 0.0433 e. The second kappa shape index (κ2) is 5.86. The fourth-order valence-electron chi connectivity index (χ4n) is 3.35. The first-order valence-corrected chi connectivity index (χ1v) is 6.73. The Morgan fingerprint density at radius 2 is 1.73 bits per heavy atom. The van der Waals surface area contributed by atoms with Crippen molar-refractivity contribution in [1.82, 2.24) is 5.32 Å². The summed E-state index contributed by atoms with van der Waals surface area (Å²) in [5, 5.41) is 12.7. The van der Waals surface area contributed by atoms with E-state index >= 15 is 0 Å². The zero-order chi connectivity index (χ0) is 10.5. The third kappa shape index (κ3) is 2.94. The molecular formula is C13H25NO. The average Bonchev–Trinajstić information content (AvgIpc) is 2.42. The number of hydrogen-bond donors (Lipinski definition) is 2. The van der Waals surface area contributed by atoms with Crippen LogP contribution in [-0.4, -0.2) is 24.8 Å². The summed E-state index contributed by atoms with van der Waals surface area (Å²) < 4.78 is 0. The molecular weight excluding hydrogens is 186 g/mol. The van der Waals surface area contributed by atoms with E-state index in [1.165, 1.54) is 51.6 Å². The van der Waals surface area contributed by atoms with Crippen molar-refractivity contribution in [3.05, 3.63) is 0 Å². The molecule has 0 radical (unpaired) electrons. The van der Waals surface area contributed by atoms with Gasteiger partial charge in [-0.05, 0) is 56.5 Å². The third-order valence-corrected chi connectivity index (χ3v) is 4.44. The van der Waals surface area contributed by atoms with E-state index in [1.807, 2.05) is 0 Å². The molecule has 2 atom stereocenters. The van der Waals surface area contributed by atoms with Crippen LogP contribution in [0.1, 0.15) is 44.9 Å².